The molecule has 2 heteroatoms. The Balaban J connectivity index is 2.79. The predicted octanol–water partition coefficient (Wildman–Crippen LogP) is 4.45. The van der Waals surface area contributed by atoms with Crippen molar-refractivity contribution in [3.8, 4) is 0 Å². The summed E-state index contributed by atoms with van der Waals surface area (Å²) in [4.78, 5) is 11.4. The number of hydrogen-bond donors (Lipinski definition) is 0. The molecule has 19 heavy (non-hydrogen) atoms. The average Bonchev–Trinajstić information content (AvgIpc) is 2.47. The summed E-state index contributed by atoms with van der Waals surface area (Å²) >= 11 is 0. The Morgan fingerprint density at radius 2 is 1.89 bits per heavy atom. The lowest BCUT2D eigenvalue weighted by Gasteiger charge is -2.42. The molecule has 1 rings (SSSR count). The lowest BCUT2D eigenvalue weighted by Crippen LogP contribution is -2.35. The molecule has 1 aliphatic rings. The van der Waals surface area contributed by atoms with Crippen LogP contribution in [-0.2, 0) is 9.53 Å². The molecule has 110 valence electrons. The molecule has 0 aromatic rings. The second-order valence-electron chi connectivity index (χ2n) is 7.16. The Labute approximate surface area is 118 Å². The molecule has 0 amide bonds. The van der Waals surface area contributed by atoms with Crippen molar-refractivity contribution in [3.05, 3.63) is 12.2 Å². The van der Waals surface area contributed by atoms with Crippen molar-refractivity contribution in [3.63, 3.8) is 0 Å². The van der Waals surface area contributed by atoms with Crippen LogP contribution < -0.4 is 0 Å². The maximum absolute atomic E-state index is 11.4. The highest BCUT2D eigenvalue weighted by Crippen LogP contribution is 2.60. The van der Waals surface area contributed by atoms with Gasteiger partial charge in [-0.05, 0) is 41.9 Å². The van der Waals surface area contributed by atoms with Gasteiger partial charge in [-0.1, -0.05) is 47.6 Å². The van der Waals surface area contributed by atoms with Crippen LogP contribution in [0.1, 0.15) is 54.9 Å². The van der Waals surface area contributed by atoms with Gasteiger partial charge in [0.1, 0.15) is 0 Å². The van der Waals surface area contributed by atoms with Gasteiger partial charge in [0.05, 0.1) is 6.61 Å². The molecule has 2 unspecified atom stereocenters. The van der Waals surface area contributed by atoms with E-state index >= 15 is 0 Å². The van der Waals surface area contributed by atoms with E-state index in [2.05, 4.69) is 41.5 Å². The highest BCUT2D eigenvalue weighted by atomic mass is 16.5. The fraction of sp³-hybridized carbons (Fsp3) is 0.824. The fourth-order valence-electron chi connectivity index (χ4n) is 3.51. The zero-order chi connectivity index (χ0) is 14.8. The van der Waals surface area contributed by atoms with Crippen molar-refractivity contribution in [1.82, 2.24) is 0 Å². The molecular weight excluding hydrogens is 236 g/mol. The van der Waals surface area contributed by atoms with Gasteiger partial charge in [0.25, 0.3) is 0 Å². The van der Waals surface area contributed by atoms with Gasteiger partial charge in [0.2, 0.25) is 0 Å². The van der Waals surface area contributed by atoms with Crippen molar-refractivity contribution in [2.75, 3.05) is 6.61 Å². The maximum atomic E-state index is 11.4. The molecule has 2 nitrogen and oxygen atoms in total. The molecule has 0 spiro atoms. The highest BCUT2D eigenvalue weighted by Gasteiger charge is 2.53. The Kier molecular flexibility index (Phi) is 4.86. The molecule has 1 fully saturated rings. The van der Waals surface area contributed by atoms with E-state index in [1.54, 1.807) is 6.08 Å². The minimum absolute atomic E-state index is 0.225. The Morgan fingerprint density at radius 3 is 2.32 bits per heavy atom. The van der Waals surface area contributed by atoms with Crippen LogP contribution in [0.2, 0.25) is 0 Å². The number of carbonyl (C=O) groups excluding carboxylic acids is 1. The number of carbonyl (C=O) groups is 1. The van der Waals surface area contributed by atoms with E-state index in [1.807, 2.05) is 13.0 Å². The van der Waals surface area contributed by atoms with Crippen LogP contribution in [0.25, 0.3) is 0 Å². The zero-order valence-electron chi connectivity index (χ0n) is 13.6. The summed E-state index contributed by atoms with van der Waals surface area (Å²) in [7, 11) is 0. The number of ether oxygens (including phenoxy) is 1. The van der Waals surface area contributed by atoms with Crippen LogP contribution in [0.3, 0.4) is 0 Å². The summed E-state index contributed by atoms with van der Waals surface area (Å²) in [6.45, 7) is 16.3. The first kappa shape index (κ1) is 16.3. The molecule has 0 aliphatic heterocycles. The summed E-state index contributed by atoms with van der Waals surface area (Å²) in [5.74, 6) is 1.51. The highest BCUT2D eigenvalue weighted by molar-refractivity contribution is 5.81. The van der Waals surface area contributed by atoms with E-state index in [-0.39, 0.29) is 11.4 Å². The van der Waals surface area contributed by atoms with Crippen LogP contribution in [0.5, 0.6) is 0 Å². The van der Waals surface area contributed by atoms with Crippen LogP contribution in [0.4, 0.5) is 0 Å². The lowest BCUT2D eigenvalue weighted by molar-refractivity contribution is -0.137. The lowest BCUT2D eigenvalue weighted by atomic mass is 9.62. The quantitative estimate of drug-likeness (QED) is 0.555. The zero-order valence-corrected chi connectivity index (χ0v) is 13.6. The topological polar surface area (TPSA) is 26.3 Å². The molecule has 0 bridgehead atoms. The van der Waals surface area contributed by atoms with Crippen molar-refractivity contribution in [1.29, 1.82) is 0 Å². The molecule has 0 heterocycles. The fourth-order valence-corrected chi connectivity index (χ4v) is 3.51. The van der Waals surface area contributed by atoms with E-state index in [1.165, 1.54) is 6.42 Å². The molecule has 0 saturated heterocycles. The van der Waals surface area contributed by atoms with Crippen LogP contribution in [-0.4, -0.2) is 12.6 Å². The van der Waals surface area contributed by atoms with Crippen molar-refractivity contribution >= 4 is 5.97 Å². The van der Waals surface area contributed by atoms with Gasteiger partial charge < -0.3 is 4.74 Å². The molecule has 0 radical (unpaired) electrons. The average molecular weight is 266 g/mol. The monoisotopic (exact) mass is 266 g/mol. The summed E-state index contributed by atoms with van der Waals surface area (Å²) in [5, 5.41) is 0. The molecule has 3 atom stereocenters. The van der Waals surface area contributed by atoms with E-state index < -0.39 is 0 Å². The third-order valence-electron chi connectivity index (χ3n) is 5.88. The Hall–Kier alpha value is -0.790. The molecule has 0 aromatic heterocycles. The van der Waals surface area contributed by atoms with Crippen molar-refractivity contribution < 1.29 is 9.53 Å². The first-order valence-corrected chi connectivity index (χ1v) is 7.49. The van der Waals surface area contributed by atoms with E-state index in [0.717, 1.165) is 0 Å². The third-order valence-corrected chi connectivity index (χ3v) is 5.88. The SMILES string of the molecule is CCOC(=O)/C=C/C(C)C1C[C@H](C)C(C)(C)C1(C)C. The normalized spacial score (nSPS) is 30.5. The number of rotatable bonds is 4. The third kappa shape index (κ3) is 3.04. The van der Waals surface area contributed by atoms with Crippen LogP contribution in [0.15, 0.2) is 12.2 Å². The van der Waals surface area contributed by atoms with Gasteiger partial charge >= 0.3 is 5.97 Å². The van der Waals surface area contributed by atoms with E-state index in [4.69, 9.17) is 4.74 Å². The van der Waals surface area contributed by atoms with Gasteiger partial charge in [-0.2, -0.15) is 0 Å². The largest absolute Gasteiger partial charge is 0.463 e. The first-order valence-electron chi connectivity index (χ1n) is 7.49. The Morgan fingerprint density at radius 1 is 1.32 bits per heavy atom. The molecule has 1 aliphatic carbocycles. The molecule has 0 N–H and O–H groups in total. The minimum Gasteiger partial charge on any atom is -0.463 e. The second-order valence-corrected chi connectivity index (χ2v) is 7.16. The summed E-state index contributed by atoms with van der Waals surface area (Å²) < 4.78 is 4.94. The first-order chi connectivity index (χ1) is 8.64. The summed E-state index contributed by atoms with van der Waals surface area (Å²) in [6, 6.07) is 0. The molecule has 1 saturated carbocycles. The minimum atomic E-state index is -0.225. The van der Waals surface area contributed by atoms with Crippen LogP contribution in [0, 0.1) is 28.6 Å². The number of esters is 1. The molecular formula is C17H30O2. The molecule has 0 aromatic carbocycles. The van der Waals surface area contributed by atoms with E-state index in [9.17, 15) is 4.79 Å². The van der Waals surface area contributed by atoms with E-state index in [0.29, 0.717) is 29.8 Å². The number of hydrogen-bond acceptors (Lipinski definition) is 2. The standard InChI is InChI=1S/C17H30O2/c1-8-19-15(18)10-9-12(2)14-11-13(3)16(4,5)17(14,6)7/h9-10,12-14H,8,11H2,1-7H3/b10-9+/t12?,13-,14?/m0/s1. The summed E-state index contributed by atoms with van der Waals surface area (Å²) in [6.07, 6.45) is 4.85. The Bertz CT molecular complexity index is 352. The van der Waals surface area contributed by atoms with Gasteiger partial charge in [-0.15, -0.1) is 0 Å². The van der Waals surface area contributed by atoms with Gasteiger partial charge in [0, 0.05) is 6.08 Å². The van der Waals surface area contributed by atoms with Gasteiger partial charge in [0.15, 0.2) is 0 Å². The van der Waals surface area contributed by atoms with Gasteiger partial charge in [-0.25, -0.2) is 4.79 Å². The predicted molar refractivity (Wildman–Crippen MR) is 79.8 cm³/mol. The van der Waals surface area contributed by atoms with Crippen LogP contribution >= 0.6 is 0 Å². The summed E-state index contributed by atoms with van der Waals surface area (Å²) in [5.41, 5.74) is 0.620. The second kappa shape index (κ2) is 5.68. The van der Waals surface area contributed by atoms with Crippen molar-refractivity contribution in [2.24, 2.45) is 28.6 Å². The van der Waals surface area contributed by atoms with Crippen molar-refractivity contribution in [2.45, 2.75) is 54.9 Å². The maximum Gasteiger partial charge on any atom is 0.330 e. The number of allylic oxidation sites excluding steroid dienone is 1. The van der Waals surface area contributed by atoms with Gasteiger partial charge in [-0.3, -0.25) is 0 Å². The smallest absolute Gasteiger partial charge is 0.330 e.